The van der Waals surface area contributed by atoms with Gasteiger partial charge < -0.3 is 9.57 Å². The molecule has 2 aromatic carbocycles. The summed E-state index contributed by atoms with van der Waals surface area (Å²) in [4.78, 5) is 5.01. The lowest BCUT2D eigenvalue weighted by Gasteiger charge is -2.06. The van der Waals surface area contributed by atoms with E-state index in [1.54, 1.807) is 31.4 Å². The van der Waals surface area contributed by atoms with Gasteiger partial charge in [0.05, 0.1) is 12.7 Å². The molecule has 0 bridgehead atoms. The zero-order chi connectivity index (χ0) is 16.0. The van der Waals surface area contributed by atoms with Crippen LogP contribution in [0.15, 0.2) is 53.7 Å². The van der Waals surface area contributed by atoms with Gasteiger partial charge in [0.2, 0.25) is 0 Å². The molecule has 6 heteroatoms. The molecule has 0 unspecified atom stereocenters. The van der Waals surface area contributed by atoms with Crippen molar-refractivity contribution < 1.29 is 22.7 Å². The van der Waals surface area contributed by atoms with Gasteiger partial charge in [0, 0.05) is 5.56 Å². The maximum atomic E-state index is 12.4. The second-order valence-corrected chi connectivity index (χ2v) is 4.40. The Bertz CT molecular complexity index is 619. The van der Waals surface area contributed by atoms with Crippen LogP contribution in [0.5, 0.6) is 5.75 Å². The number of halogens is 3. The average molecular weight is 308 g/mol. The van der Waals surface area contributed by atoms with Crippen molar-refractivity contribution in [2.45, 2.75) is 12.8 Å². The molecule has 0 atom stereocenters. The van der Waals surface area contributed by atoms with E-state index in [1.165, 1.54) is 12.1 Å². The minimum atomic E-state index is -4.33. The standard InChI is InChI=1S/C16H13F3NO2/c1-21-15-8-4-12(5-9-15)10-20-22-11-13-2-6-14(7-3-13)16(17,18)19/h2-9H,11H2,1H3. The maximum absolute atomic E-state index is 12.4. The summed E-state index contributed by atoms with van der Waals surface area (Å²) in [6.45, 7) is 0.0707. The van der Waals surface area contributed by atoms with Gasteiger partial charge in [0.15, 0.2) is 0 Å². The Kier molecular flexibility index (Phi) is 5.04. The Hall–Kier alpha value is -2.50. The number of methoxy groups -OCH3 is 1. The first-order chi connectivity index (χ1) is 10.5. The van der Waals surface area contributed by atoms with Crippen LogP contribution in [0.3, 0.4) is 0 Å². The molecular weight excluding hydrogens is 295 g/mol. The van der Waals surface area contributed by atoms with Crippen molar-refractivity contribution in [3.63, 3.8) is 0 Å². The molecule has 0 aliphatic carbocycles. The van der Waals surface area contributed by atoms with Crippen molar-refractivity contribution in [3.8, 4) is 5.75 Å². The topological polar surface area (TPSA) is 30.8 Å². The molecule has 0 saturated carbocycles. The fourth-order valence-corrected chi connectivity index (χ4v) is 1.65. The van der Waals surface area contributed by atoms with Gasteiger partial charge >= 0.3 is 6.18 Å². The van der Waals surface area contributed by atoms with Gasteiger partial charge in [-0.25, -0.2) is 0 Å². The molecule has 0 N–H and O–H groups in total. The first kappa shape index (κ1) is 15.9. The summed E-state index contributed by atoms with van der Waals surface area (Å²) in [5.74, 6) is 0.719. The maximum Gasteiger partial charge on any atom is 0.416 e. The summed E-state index contributed by atoms with van der Waals surface area (Å²) in [5, 5.41) is 3.65. The number of rotatable bonds is 5. The SMILES string of the molecule is COc1ccc(/[C]=N\OCc2ccc(C(F)(F)F)cc2)cc1. The fourth-order valence-electron chi connectivity index (χ4n) is 1.65. The zero-order valence-electron chi connectivity index (χ0n) is 11.7. The molecule has 0 aliphatic rings. The molecule has 1 radical (unpaired) electrons. The van der Waals surface area contributed by atoms with Crippen LogP contribution in [-0.4, -0.2) is 13.3 Å². The smallest absolute Gasteiger partial charge is 0.416 e. The predicted octanol–water partition coefficient (Wildman–Crippen LogP) is 4.14. The molecule has 0 heterocycles. The number of nitrogens with zero attached hydrogens (tertiary/aromatic N) is 1. The Morgan fingerprint density at radius 3 is 2.18 bits per heavy atom. The van der Waals surface area contributed by atoms with E-state index in [4.69, 9.17) is 9.57 Å². The number of alkyl halides is 3. The lowest BCUT2D eigenvalue weighted by molar-refractivity contribution is -0.137. The van der Waals surface area contributed by atoms with E-state index in [1.807, 2.05) is 0 Å². The second-order valence-electron chi connectivity index (χ2n) is 4.40. The molecule has 115 valence electrons. The van der Waals surface area contributed by atoms with E-state index in [-0.39, 0.29) is 6.61 Å². The van der Waals surface area contributed by atoms with E-state index in [0.29, 0.717) is 11.1 Å². The summed E-state index contributed by atoms with van der Waals surface area (Å²) in [6, 6.07) is 11.7. The van der Waals surface area contributed by atoms with Gasteiger partial charge in [0.1, 0.15) is 18.6 Å². The monoisotopic (exact) mass is 308 g/mol. The lowest BCUT2D eigenvalue weighted by atomic mass is 10.1. The molecule has 0 aromatic heterocycles. The molecule has 0 amide bonds. The van der Waals surface area contributed by atoms with Crippen molar-refractivity contribution in [2.75, 3.05) is 7.11 Å². The van der Waals surface area contributed by atoms with Crippen molar-refractivity contribution in [3.05, 3.63) is 65.2 Å². The fraction of sp³-hybridized carbons (Fsp3) is 0.188. The van der Waals surface area contributed by atoms with Crippen LogP contribution in [0.2, 0.25) is 0 Å². The van der Waals surface area contributed by atoms with Crippen LogP contribution < -0.4 is 4.74 Å². The van der Waals surface area contributed by atoms with E-state index in [9.17, 15) is 13.2 Å². The highest BCUT2D eigenvalue weighted by Gasteiger charge is 2.29. The van der Waals surface area contributed by atoms with Crippen LogP contribution >= 0.6 is 0 Å². The largest absolute Gasteiger partial charge is 0.497 e. The molecule has 2 aromatic rings. The number of ether oxygens (including phenoxy) is 1. The molecule has 22 heavy (non-hydrogen) atoms. The normalized spacial score (nSPS) is 11.6. The summed E-state index contributed by atoms with van der Waals surface area (Å²) < 4.78 is 42.2. The second kappa shape index (κ2) is 6.98. The van der Waals surface area contributed by atoms with Gasteiger partial charge in [-0.15, -0.1) is 0 Å². The highest BCUT2D eigenvalue weighted by Crippen LogP contribution is 2.29. The molecular formula is C16H13F3NO2. The number of hydrogen-bond acceptors (Lipinski definition) is 3. The minimum Gasteiger partial charge on any atom is -0.497 e. The lowest BCUT2D eigenvalue weighted by Crippen LogP contribution is -2.04. The molecule has 3 nitrogen and oxygen atoms in total. The first-order valence-corrected chi connectivity index (χ1v) is 6.37. The van der Waals surface area contributed by atoms with Gasteiger partial charge in [-0.3, -0.25) is 0 Å². The van der Waals surface area contributed by atoms with Gasteiger partial charge in [-0.1, -0.05) is 17.3 Å². The third-order valence-corrected chi connectivity index (χ3v) is 2.84. The predicted molar refractivity (Wildman–Crippen MR) is 75.8 cm³/mol. The minimum absolute atomic E-state index is 0.0707. The van der Waals surface area contributed by atoms with E-state index < -0.39 is 11.7 Å². The average Bonchev–Trinajstić information content (AvgIpc) is 2.52. The summed E-state index contributed by atoms with van der Waals surface area (Å²) in [7, 11) is 1.57. The van der Waals surface area contributed by atoms with Crippen molar-refractivity contribution >= 4 is 6.21 Å². The Morgan fingerprint density at radius 2 is 1.64 bits per heavy atom. The van der Waals surface area contributed by atoms with Crippen LogP contribution in [0.25, 0.3) is 0 Å². The Balaban J connectivity index is 1.86. The zero-order valence-corrected chi connectivity index (χ0v) is 11.7. The van der Waals surface area contributed by atoms with Crippen molar-refractivity contribution in [1.82, 2.24) is 0 Å². The Labute approximate surface area is 126 Å². The van der Waals surface area contributed by atoms with E-state index in [0.717, 1.165) is 17.9 Å². The van der Waals surface area contributed by atoms with E-state index in [2.05, 4.69) is 11.4 Å². The van der Waals surface area contributed by atoms with Gasteiger partial charge in [0.25, 0.3) is 0 Å². The third-order valence-electron chi connectivity index (χ3n) is 2.84. The molecule has 2 rings (SSSR count). The van der Waals surface area contributed by atoms with Gasteiger partial charge in [-0.2, -0.15) is 13.2 Å². The first-order valence-electron chi connectivity index (χ1n) is 6.37. The third kappa shape index (κ3) is 4.51. The summed E-state index contributed by atoms with van der Waals surface area (Å²) >= 11 is 0. The molecule has 0 spiro atoms. The van der Waals surface area contributed by atoms with Crippen LogP contribution in [0.4, 0.5) is 13.2 Å². The Morgan fingerprint density at radius 1 is 1.00 bits per heavy atom. The van der Waals surface area contributed by atoms with Crippen LogP contribution in [0.1, 0.15) is 16.7 Å². The highest BCUT2D eigenvalue weighted by molar-refractivity contribution is 5.79. The number of benzene rings is 2. The number of hydrogen-bond donors (Lipinski definition) is 0. The van der Waals surface area contributed by atoms with Crippen LogP contribution in [-0.2, 0) is 17.6 Å². The molecule has 0 fully saturated rings. The van der Waals surface area contributed by atoms with Crippen molar-refractivity contribution in [1.29, 1.82) is 0 Å². The summed E-state index contributed by atoms with van der Waals surface area (Å²) in [5.41, 5.74) is 0.603. The van der Waals surface area contributed by atoms with Crippen molar-refractivity contribution in [2.24, 2.45) is 5.16 Å². The molecule has 0 saturated heterocycles. The quantitative estimate of drug-likeness (QED) is 0.614. The summed E-state index contributed by atoms with van der Waals surface area (Å²) in [6.07, 6.45) is -1.66. The van der Waals surface area contributed by atoms with E-state index >= 15 is 0 Å². The van der Waals surface area contributed by atoms with Gasteiger partial charge in [-0.05, 0) is 42.0 Å². The molecule has 0 aliphatic heterocycles. The van der Waals surface area contributed by atoms with Crippen LogP contribution in [0, 0.1) is 0 Å². The highest BCUT2D eigenvalue weighted by atomic mass is 19.4.